The van der Waals surface area contributed by atoms with E-state index in [1.54, 1.807) is 0 Å². The number of hydrogen-bond donors (Lipinski definition) is 1. The third kappa shape index (κ3) is 4.37. The zero-order valence-electron chi connectivity index (χ0n) is 13.8. The quantitative estimate of drug-likeness (QED) is 0.847. The molecule has 0 bridgehead atoms. The summed E-state index contributed by atoms with van der Waals surface area (Å²) in [5.41, 5.74) is 2.56. The predicted molar refractivity (Wildman–Crippen MR) is 93.2 cm³/mol. The summed E-state index contributed by atoms with van der Waals surface area (Å²) in [4.78, 5) is 2.48. The molecule has 1 fully saturated rings. The highest BCUT2D eigenvalue weighted by molar-refractivity contribution is 6.33. The van der Waals surface area contributed by atoms with Crippen LogP contribution in [-0.4, -0.2) is 19.1 Å². The molecule has 2 nitrogen and oxygen atoms in total. The zero-order valence-corrected chi connectivity index (χ0v) is 14.6. The number of nitrogens with one attached hydrogen (secondary N) is 1. The molecule has 0 aromatic heterocycles. The molecule has 0 saturated carbocycles. The molecule has 1 heterocycles. The van der Waals surface area contributed by atoms with E-state index in [1.807, 2.05) is 6.07 Å². The molecule has 1 aliphatic rings. The number of hydrogen-bond acceptors (Lipinski definition) is 2. The summed E-state index contributed by atoms with van der Waals surface area (Å²) in [5, 5.41) is 4.40. The Balaban J connectivity index is 2.12. The van der Waals surface area contributed by atoms with E-state index in [9.17, 15) is 0 Å². The van der Waals surface area contributed by atoms with Crippen LogP contribution < -0.4 is 10.2 Å². The molecule has 0 spiro atoms. The molecule has 0 unspecified atom stereocenters. The van der Waals surface area contributed by atoms with Crippen molar-refractivity contribution in [1.82, 2.24) is 5.32 Å². The summed E-state index contributed by atoms with van der Waals surface area (Å²) in [5.74, 6) is 1.65. The molecule has 2 rings (SSSR count). The van der Waals surface area contributed by atoms with Crippen LogP contribution in [0.25, 0.3) is 0 Å². The van der Waals surface area contributed by atoms with Crippen LogP contribution in [0.3, 0.4) is 0 Å². The first-order valence-electron chi connectivity index (χ1n) is 8.24. The van der Waals surface area contributed by atoms with Crippen molar-refractivity contribution >= 4 is 17.3 Å². The van der Waals surface area contributed by atoms with Gasteiger partial charge in [0.25, 0.3) is 0 Å². The number of halogens is 1. The zero-order chi connectivity index (χ0) is 15.4. The van der Waals surface area contributed by atoms with Crippen molar-refractivity contribution in [2.75, 3.05) is 18.0 Å². The summed E-state index contributed by atoms with van der Waals surface area (Å²) >= 11 is 6.51. The topological polar surface area (TPSA) is 15.3 Å². The van der Waals surface area contributed by atoms with Gasteiger partial charge in [-0.05, 0) is 36.3 Å². The second-order valence-electron chi connectivity index (χ2n) is 6.85. The average molecular weight is 309 g/mol. The lowest BCUT2D eigenvalue weighted by Crippen LogP contribution is -2.36. The standard InChI is InChI=1S/C18H29ClN2/c1-13(2)15-8-10-21(11-9-15)18-16(12-20-14(3)4)6-5-7-17(18)19/h5-7,13-15,20H,8-12H2,1-4H3. The molecule has 1 saturated heterocycles. The van der Waals surface area contributed by atoms with Gasteiger partial charge in [-0.25, -0.2) is 0 Å². The molecule has 21 heavy (non-hydrogen) atoms. The monoisotopic (exact) mass is 308 g/mol. The number of anilines is 1. The Hall–Kier alpha value is -0.730. The maximum Gasteiger partial charge on any atom is 0.0642 e. The van der Waals surface area contributed by atoms with E-state index in [1.165, 1.54) is 24.1 Å². The third-order valence-corrected chi connectivity index (χ3v) is 4.87. The lowest BCUT2D eigenvalue weighted by molar-refractivity contribution is 0.311. The third-order valence-electron chi connectivity index (χ3n) is 4.57. The molecule has 1 aromatic carbocycles. The summed E-state index contributed by atoms with van der Waals surface area (Å²) in [6.07, 6.45) is 2.56. The minimum absolute atomic E-state index is 0.489. The van der Waals surface area contributed by atoms with Crippen molar-refractivity contribution in [3.8, 4) is 0 Å². The maximum absolute atomic E-state index is 6.51. The largest absolute Gasteiger partial charge is 0.370 e. The Morgan fingerprint density at radius 2 is 1.86 bits per heavy atom. The number of piperidine rings is 1. The molecule has 1 N–H and O–H groups in total. The number of benzene rings is 1. The Morgan fingerprint density at radius 1 is 1.19 bits per heavy atom. The Labute approximate surface area is 134 Å². The van der Waals surface area contributed by atoms with Gasteiger partial charge >= 0.3 is 0 Å². The van der Waals surface area contributed by atoms with Crippen molar-refractivity contribution in [3.05, 3.63) is 28.8 Å². The molecule has 1 aromatic rings. The van der Waals surface area contributed by atoms with Gasteiger partial charge in [0.1, 0.15) is 0 Å². The fourth-order valence-corrected chi connectivity index (χ4v) is 3.47. The maximum atomic E-state index is 6.51. The van der Waals surface area contributed by atoms with Gasteiger partial charge < -0.3 is 10.2 Å². The van der Waals surface area contributed by atoms with Crippen LogP contribution in [0.2, 0.25) is 5.02 Å². The van der Waals surface area contributed by atoms with Crippen LogP contribution in [0.5, 0.6) is 0 Å². The second kappa shape index (κ2) is 7.51. The van der Waals surface area contributed by atoms with Crippen LogP contribution in [0.1, 0.15) is 46.1 Å². The summed E-state index contributed by atoms with van der Waals surface area (Å²) in [6, 6.07) is 6.77. The van der Waals surface area contributed by atoms with Gasteiger partial charge in [-0.3, -0.25) is 0 Å². The molecule has 0 radical (unpaired) electrons. The molecular formula is C18H29ClN2. The molecule has 3 heteroatoms. The Bertz CT molecular complexity index is 449. The lowest BCUT2D eigenvalue weighted by Gasteiger charge is -2.37. The van der Waals surface area contributed by atoms with Crippen molar-refractivity contribution in [2.45, 2.75) is 53.1 Å². The van der Waals surface area contributed by atoms with E-state index in [0.717, 1.165) is 36.5 Å². The minimum Gasteiger partial charge on any atom is -0.370 e. The molecule has 1 aliphatic heterocycles. The highest BCUT2D eigenvalue weighted by Crippen LogP contribution is 2.34. The second-order valence-corrected chi connectivity index (χ2v) is 7.26. The molecule has 118 valence electrons. The molecule has 0 amide bonds. The van der Waals surface area contributed by atoms with E-state index in [0.29, 0.717) is 6.04 Å². The van der Waals surface area contributed by atoms with E-state index in [-0.39, 0.29) is 0 Å². The van der Waals surface area contributed by atoms with Crippen LogP contribution in [0.15, 0.2) is 18.2 Å². The predicted octanol–water partition coefficient (Wildman–Crippen LogP) is 4.71. The van der Waals surface area contributed by atoms with Gasteiger partial charge in [-0.15, -0.1) is 0 Å². The highest BCUT2D eigenvalue weighted by atomic mass is 35.5. The summed E-state index contributed by atoms with van der Waals surface area (Å²) in [6.45, 7) is 12.2. The Morgan fingerprint density at radius 3 is 2.43 bits per heavy atom. The van der Waals surface area contributed by atoms with Gasteiger partial charge in [0.2, 0.25) is 0 Å². The fourth-order valence-electron chi connectivity index (χ4n) is 3.16. The minimum atomic E-state index is 0.489. The van der Waals surface area contributed by atoms with Gasteiger partial charge in [-0.1, -0.05) is 51.4 Å². The molecular weight excluding hydrogens is 280 g/mol. The van der Waals surface area contributed by atoms with E-state index < -0.39 is 0 Å². The van der Waals surface area contributed by atoms with Gasteiger partial charge in [-0.2, -0.15) is 0 Å². The van der Waals surface area contributed by atoms with Crippen LogP contribution in [0.4, 0.5) is 5.69 Å². The first kappa shape index (κ1) is 16.6. The van der Waals surface area contributed by atoms with Crippen molar-refractivity contribution in [3.63, 3.8) is 0 Å². The fraction of sp³-hybridized carbons (Fsp3) is 0.667. The van der Waals surface area contributed by atoms with Gasteiger partial charge in [0.15, 0.2) is 0 Å². The smallest absolute Gasteiger partial charge is 0.0642 e. The summed E-state index contributed by atoms with van der Waals surface area (Å²) < 4.78 is 0. The van der Waals surface area contributed by atoms with E-state index in [2.05, 4.69) is 50.0 Å². The Kier molecular flexibility index (Phi) is 5.95. The molecule has 0 aliphatic carbocycles. The van der Waals surface area contributed by atoms with Crippen molar-refractivity contribution in [2.24, 2.45) is 11.8 Å². The first-order chi connectivity index (χ1) is 9.99. The van der Waals surface area contributed by atoms with Gasteiger partial charge in [0, 0.05) is 25.7 Å². The number of nitrogens with zero attached hydrogens (tertiary/aromatic N) is 1. The average Bonchev–Trinajstić information content (AvgIpc) is 2.45. The SMILES string of the molecule is CC(C)NCc1cccc(Cl)c1N1CCC(C(C)C)CC1. The van der Waals surface area contributed by atoms with E-state index in [4.69, 9.17) is 11.6 Å². The van der Waals surface area contributed by atoms with Crippen LogP contribution in [0, 0.1) is 11.8 Å². The van der Waals surface area contributed by atoms with Gasteiger partial charge in [0.05, 0.1) is 10.7 Å². The normalized spacial score (nSPS) is 17.0. The van der Waals surface area contributed by atoms with Crippen molar-refractivity contribution in [1.29, 1.82) is 0 Å². The molecule has 0 atom stereocenters. The lowest BCUT2D eigenvalue weighted by atomic mass is 9.86. The highest BCUT2D eigenvalue weighted by Gasteiger charge is 2.24. The van der Waals surface area contributed by atoms with Crippen LogP contribution in [-0.2, 0) is 6.54 Å². The number of rotatable bonds is 5. The number of para-hydroxylation sites is 1. The summed E-state index contributed by atoms with van der Waals surface area (Å²) in [7, 11) is 0. The van der Waals surface area contributed by atoms with E-state index >= 15 is 0 Å². The van der Waals surface area contributed by atoms with Crippen LogP contribution >= 0.6 is 11.6 Å². The first-order valence-corrected chi connectivity index (χ1v) is 8.62. The van der Waals surface area contributed by atoms with Crippen molar-refractivity contribution < 1.29 is 0 Å².